The third kappa shape index (κ3) is 2.55. The number of benzene rings is 2. The molecule has 4 atom stereocenters. The lowest BCUT2D eigenvalue weighted by Gasteiger charge is -2.52. The van der Waals surface area contributed by atoms with Crippen LogP contribution in [0.3, 0.4) is 0 Å². The quantitative estimate of drug-likeness (QED) is 0.406. The average molecular weight is 459 g/mol. The molecule has 1 saturated carbocycles. The van der Waals surface area contributed by atoms with E-state index in [1.54, 1.807) is 6.20 Å². The number of hydrogen-bond donors (Lipinski definition) is 1. The molecule has 5 aromatic rings. The third-order valence-electron chi connectivity index (χ3n) is 8.81. The Kier molecular flexibility index (Phi) is 3.84. The second-order valence-corrected chi connectivity index (χ2v) is 10.3. The Morgan fingerprint density at radius 1 is 0.943 bits per heavy atom. The lowest BCUT2D eigenvalue weighted by Crippen LogP contribution is -2.55. The Balaban J connectivity index is 1.32. The fraction of sp³-hybridized carbons (Fsp3) is 0.276. The van der Waals surface area contributed by atoms with Crippen LogP contribution in [0.4, 0.5) is 5.82 Å². The summed E-state index contributed by atoms with van der Waals surface area (Å²) in [5, 5.41) is 1.11. The number of pyridine rings is 1. The monoisotopic (exact) mass is 458 g/mol. The van der Waals surface area contributed by atoms with Crippen LogP contribution >= 0.6 is 0 Å². The van der Waals surface area contributed by atoms with E-state index in [0.717, 1.165) is 50.7 Å². The molecule has 3 fully saturated rings. The van der Waals surface area contributed by atoms with E-state index in [4.69, 9.17) is 15.7 Å². The normalized spacial score (nSPS) is 26.8. The highest BCUT2D eigenvalue weighted by Gasteiger charge is 2.64. The van der Waals surface area contributed by atoms with E-state index < -0.39 is 0 Å². The van der Waals surface area contributed by atoms with E-state index >= 15 is 0 Å². The Morgan fingerprint density at radius 3 is 2.66 bits per heavy atom. The molecular weight excluding hydrogens is 432 g/mol. The Labute approximate surface area is 203 Å². The molecule has 0 radical (unpaired) electrons. The van der Waals surface area contributed by atoms with E-state index in [2.05, 4.69) is 56.7 Å². The van der Waals surface area contributed by atoms with Crippen LogP contribution in [-0.4, -0.2) is 37.3 Å². The minimum Gasteiger partial charge on any atom is -0.382 e. The molecule has 3 aromatic heterocycles. The summed E-state index contributed by atoms with van der Waals surface area (Å²) in [4.78, 5) is 17.5. The number of anilines is 1. The van der Waals surface area contributed by atoms with Crippen LogP contribution in [0, 0.1) is 11.8 Å². The Hall–Kier alpha value is -3.77. The SMILES string of the molecule is Nc1nccn2c(C34CCC3C3CCN4C3)nc(-c3ccc4ccc(-c5ccccc5)nc4c3)c12. The van der Waals surface area contributed by atoms with Crippen molar-refractivity contribution in [3.63, 3.8) is 0 Å². The molecule has 2 bridgehead atoms. The highest BCUT2D eigenvalue weighted by Crippen LogP contribution is 2.62. The van der Waals surface area contributed by atoms with Crippen molar-refractivity contribution < 1.29 is 0 Å². The maximum absolute atomic E-state index is 6.49. The molecule has 2 aliphatic heterocycles. The van der Waals surface area contributed by atoms with E-state index in [1.807, 2.05) is 24.4 Å². The van der Waals surface area contributed by atoms with E-state index in [9.17, 15) is 0 Å². The van der Waals surface area contributed by atoms with Crippen LogP contribution in [0.5, 0.6) is 0 Å². The predicted octanol–water partition coefficient (Wildman–Crippen LogP) is 5.13. The van der Waals surface area contributed by atoms with Crippen LogP contribution in [0.1, 0.15) is 25.1 Å². The highest BCUT2D eigenvalue weighted by molar-refractivity contribution is 5.91. The number of rotatable bonds is 3. The van der Waals surface area contributed by atoms with E-state index in [0.29, 0.717) is 11.7 Å². The summed E-state index contributed by atoms with van der Waals surface area (Å²) in [6.07, 6.45) is 7.65. The first-order valence-electron chi connectivity index (χ1n) is 12.6. The summed E-state index contributed by atoms with van der Waals surface area (Å²) in [5.74, 6) is 3.18. The minimum atomic E-state index is 0.0491. The molecule has 1 aliphatic carbocycles. The van der Waals surface area contributed by atoms with Gasteiger partial charge in [-0.25, -0.2) is 15.0 Å². The van der Waals surface area contributed by atoms with Gasteiger partial charge in [0.25, 0.3) is 0 Å². The van der Waals surface area contributed by atoms with E-state index in [-0.39, 0.29) is 5.54 Å². The maximum Gasteiger partial charge on any atom is 0.150 e. The van der Waals surface area contributed by atoms with Crippen molar-refractivity contribution in [3.05, 3.63) is 78.9 Å². The van der Waals surface area contributed by atoms with Gasteiger partial charge in [0.1, 0.15) is 22.9 Å². The molecule has 6 nitrogen and oxygen atoms in total. The van der Waals surface area contributed by atoms with Crippen LogP contribution < -0.4 is 5.73 Å². The van der Waals surface area contributed by atoms with Crippen LogP contribution in [-0.2, 0) is 5.54 Å². The van der Waals surface area contributed by atoms with Crippen molar-refractivity contribution in [2.24, 2.45) is 11.8 Å². The van der Waals surface area contributed by atoms with Gasteiger partial charge >= 0.3 is 0 Å². The molecule has 2 N–H and O–H groups in total. The predicted molar refractivity (Wildman–Crippen MR) is 138 cm³/mol. The standard InChI is InChI=1S/C29H26N6/c30-27-26-25(20-7-6-19-8-9-23(32-24(19)16-20)18-4-2-1-3-5-18)33-28(35(26)15-13-31-27)29-12-10-22(29)21-11-14-34(29)17-21/h1-9,13,15-16,21-22H,10-12,14,17H2,(H2,30,31). The number of fused-ring (bicyclic) bond motifs is 7. The van der Waals surface area contributed by atoms with Crippen molar-refractivity contribution in [2.45, 2.75) is 24.8 Å². The molecule has 6 heteroatoms. The maximum atomic E-state index is 6.49. The number of imidazole rings is 1. The zero-order valence-electron chi connectivity index (χ0n) is 19.4. The van der Waals surface area contributed by atoms with Crippen molar-refractivity contribution in [2.75, 3.05) is 18.8 Å². The number of hydrogen-bond acceptors (Lipinski definition) is 5. The number of aromatic nitrogens is 4. The largest absolute Gasteiger partial charge is 0.382 e. The zero-order valence-corrected chi connectivity index (χ0v) is 19.4. The molecule has 3 aliphatic rings. The topological polar surface area (TPSA) is 72.3 Å². The van der Waals surface area contributed by atoms with Gasteiger partial charge < -0.3 is 5.73 Å². The van der Waals surface area contributed by atoms with Crippen molar-refractivity contribution >= 4 is 22.2 Å². The van der Waals surface area contributed by atoms with Gasteiger partial charge in [0, 0.05) is 35.5 Å². The van der Waals surface area contributed by atoms with Gasteiger partial charge in [0.05, 0.1) is 16.7 Å². The molecule has 0 spiro atoms. The van der Waals surface area contributed by atoms with Crippen molar-refractivity contribution in [1.29, 1.82) is 0 Å². The Morgan fingerprint density at radius 2 is 1.83 bits per heavy atom. The number of piperidine rings is 1. The molecule has 8 rings (SSSR count). The van der Waals surface area contributed by atoms with E-state index in [1.165, 1.54) is 32.4 Å². The van der Waals surface area contributed by atoms with Gasteiger partial charge in [-0.1, -0.05) is 48.5 Å². The minimum absolute atomic E-state index is 0.0491. The summed E-state index contributed by atoms with van der Waals surface area (Å²) >= 11 is 0. The first-order valence-corrected chi connectivity index (χ1v) is 12.6. The molecule has 172 valence electrons. The first kappa shape index (κ1) is 19.5. The second kappa shape index (κ2) is 6.89. The fourth-order valence-corrected chi connectivity index (χ4v) is 7.10. The molecule has 0 amide bonds. The molecule has 4 unspecified atom stereocenters. The van der Waals surface area contributed by atoms with Crippen LogP contribution in [0.2, 0.25) is 0 Å². The van der Waals surface area contributed by atoms with Gasteiger partial charge in [-0.05, 0) is 49.8 Å². The second-order valence-electron chi connectivity index (χ2n) is 10.3. The number of nitrogen functional groups attached to an aromatic ring is 1. The van der Waals surface area contributed by atoms with Gasteiger partial charge in [0.2, 0.25) is 0 Å². The highest BCUT2D eigenvalue weighted by atomic mass is 15.3. The lowest BCUT2D eigenvalue weighted by atomic mass is 9.61. The first-order chi connectivity index (χ1) is 17.2. The summed E-state index contributed by atoms with van der Waals surface area (Å²) in [7, 11) is 0. The average Bonchev–Trinajstić information content (AvgIpc) is 3.55. The number of nitrogens with zero attached hydrogens (tertiary/aromatic N) is 5. The molecule has 2 aromatic carbocycles. The summed E-state index contributed by atoms with van der Waals surface area (Å²) in [6, 6.07) is 21.0. The molecule has 35 heavy (non-hydrogen) atoms. The number of nitrogens with two attached hydrogens (primary N) is 1. The van der Waals surface area contributed by atoms with Crippen molar-refractivity contribution in [1.82, 2.24) is 24.3 Å². The van der Waals surface area contributed by atoms with Gasteiger partial charge in [-0.2, -0.15) is 0 Å². The zero-order chi connectivity index (χ0) is 23.1. The van der Waals surface area contributed by atoms with Crippen molar-refractivity contribution in [3.8, 4) is 22.5 Å². The van der Waals surface area contributed by atoms with Crippen LogP contribution in [0.15, 0.2) is 73.1 Å². The summed E-state index contributed by atoms with van der Waals surface area (Å²) in [6.45, 7) is 2.38. The summed E-state index contributed by atoms with van der Waals surface area (Å²) < 4.78 is 2.22. The molecule has 2 saturated heterocycles. The fourth-order valence-electron chi connectivity index (χ4n) is 7.10. The Bertz CT molecular complexity index is 1620. The summed E-state index contributed by atoms with van der Waals surface area (Å²) in [5.41, 5.74) is 12.4. The molecular formula is C29H26N6. The van der Waals surface area contributed by atoms with Gasteiger partial charge in [0.15, 0.2) is 0 Å². The molecule has 5 heterocycles. The smallest absolute Gasteiger partial charge is 0.150 e. The van der Waals surface area contributed by atoms with Gasteiger partial charge in [-0.15, -0.1) is 0 Å². The lowest BCUT2D eigenvalue weighted by molar-refractivity contribution is -0.0249. The van der Waals surface area contributed by atoms with Gasteiger partial charge in [-0.3, -0.25) is 9.30 Å². The third-order valence-corrected chi connectivity index (χ3v) is 8.81. The van der Waals surface area contributed by atoms with Crippen LogP contribution in [0.25, 0.3) is 38.9 Å².